The highest BCUT2D eigenvalue weighted by Gasteiger charge is 2.22. The minimum Gasteiger partial charge on any atom is -0.354 e. The average molecular weight is 249 g/mol. The monoisotopic (exact) mass is 249 g/mol. The second-order valence-electron chi connectivity index (χ2n) is 4.91. The summed E-state index contributed by atoms with van der Waals surface area (Å²) in [5.41, 5.74) is 3.80. The predicted molar refractivity (Wildman–Crippen MR) is 74.5 cm³/mol. The molecule has 1 unspecified atom stereocenters. The van der Waals surface area contributed by atoms with Crippen molar-refractivity contribution in [2.24, 2.45) is 5.84 Å². The molecule has 0 amide bonds. The molecule has 0 spiro atoms. The van der Waals surface area contributed by atoms with Crippen LogP contribution < -0.4 is 16.2 Å². The molecule has 1 aromatic rings. The lowest BCUT2D eigenvalue weighted by Gasteiger charge is -2.30. The quantitative estimate of drug-likeness (QED) is 0.634. The van der Waals surface area contributed by atoms with Crippen molar-refractivity contribution < 1.29 is 0 Å². The summed E-state index contributed by atoms with van der Waals surface area (Å²) in [5, 5.41) is 0. The van der Waals surface area contributed by atoms with Crippen LogP contribution in [0.25, 0.3) is 0 Å². The van der Waals surface area contributed by atoms with Gasteiger partial charge < -0.3 is 10.3 Å². The number of anilines is 2. The van der Waals surface area contributed by atoms with E-state index in [-0.39, 0.29) is 0 Å². The van der Waals surface area contributed by atoms with E-state index >= 15 is 0 Å². The van der Waals surface area contributed by atoms with E-state index in [0.29, 0.717) is 6.04 Å². The van der Waals surface area contributed by atoms with Crippen LogP contribution in [0.5, 0.6) is 0 Å². The minimum absolute atomic E-state index is 0.540. The summed E-state index contributed by atoms with van der Waals surface area (Å²) in [6, 6.07) is 0.540. The van der Waals surface area contributed by atoms with Gasteiger partial charge in [-0.3, -0.25) is 0 Å². The Labute approximate surface area is 109 Å². The Morgan fingerprint density at radius 1 is 1.39 bits per heavy atom. The number of aromatic nitrogens is 2. The van der Waals surface area contributed by atoms with Crippen molar-refractivity contribution in [3.63, 3.8) is 0 Å². The molecule has 0 saturated carbocycles. The zero-order valence-electron chi connectivity index (χ0n) is 11.3. The van der Waals surface area contributed by atoms with Gasteiger partial charge >= 0.3 is 0 Å². The van der Waals surface area contributed by atoms with Gasteiger partial charge in [-0.1, -0.05) is 19.8 Å². The molecule has 1 fully saturated rings. The van der Waals surface area contributed by atoms with Crippen molar-refractivity contribution in [3.8, 4) is 0 Å². The third-order valence-electron chi connectivity index (χ3n) is 3.74. The lowest BCUT2D eigenvalue weighted by molar-refractivity contribution is 0.608. The van der Waals surface area contributed by atoms with E-state index in [0.717, 1.165) is 30.2 Å². The number of rotatable bonds is 3. The second kappa shape index (κ2) is 6.00. The second-order valence-corrected chi connectivity index (χ2v) is 4.91. The maximum absolute atomic E-state index is 5.53. The van der Waals surface area contributed by atoms with E-state index in [2.05, 4.69) is 34.1 Å². The van der Waals surface area contributed by atoms with Crippen molar-refractivity contribution >= 4 is 11.6 Å². The van der Waals surface area contributed by atoms with Gasteiger partial charge in [-0.05, 0) is 26.2 Å². The summed E-state index contributed by atoms with van der Waals surface area (Å²) in [4.78, 5) is 11.1. The maximum Gasteiger partial charge on any atom is 0.148 e. The van der Waals surface area contributed by atoms with Gasteiger partial charge in [0.1, 0.15) is 18.0 Å². The Hall–Kier alpha value is -1.36. The van der Waals surface area contributed by atoms with Crippen molar-refractivity contribution in [2.75, 3.05) is 16.9 Å². The average Bonchev–Trinajstić information content (AvgIpc) is 2.62. The number of nitrogen functional groups attached to an aromatic ring is 1. The molecule has 1 atom stereocenters. The molecule has 1 aromatic heterocycles. The molecule has 1 aliphatic heterocycles. The topological polar surface area (TPSA) is 67.1 Å². The van der Waals surface area contributed by atoms with Gasteiger partial charge in [0.05, 0.1) is 0 Å². The van der Waals surface area contributed by atoms with E-state index in [1.54, 1.807) is 6.33 Å². The van der Waals surface area contributed by atoms with Gasteiger partial charge in [0, 0.05) is 18.2 Å². The van der Waals surface area contributed by atoms with Gasteiger partial charge in [0.25, 0.3) is 0 Å². The minimum atomic E-state index is 0.540. The lowest BCUT2D eigenvalue weighted by atomic mass is 10.1. The molecule has 1 saturated heterocycles. The fraction of sp³-hybridized carbons (Fsp3) is 0.692. The van der Waals surface area contributed by atoms with Crippen molar-refractivity contribution in [2.45, 2.75) is 52.0 Å². The summed E-state index contributed by atoms with van der Waals surface area (Å²) in [7, 11) is 0. The molecule has 2 rings (SSSR count). The predicted octanol–water partition coefficient (Wildman–Crippen LogP) is 2.09. The molecule has 5 nitrogen and oxygen atoms in total. The first kappa shape index (κ1) is 13.1. The standard InChI is InChI=1S/C13H23N5/c1-3-11-12(17-14)15-9-16-13(11)18-8-6-4-5-7-10(18)2/h9-10H,3-8,14H2,1-2H3,(H,15,16,17). The van der Waals surface area contributed by atoms with Crippen LogP contribution in [-0.4, -0.2) is 22.6 Å². The Bertz CT molecular complexity index is 393. The van der Waals surface area contributed by atoms with Crippen LogP contribution in [0.15, 0.2) is 6.33 Å². The highest BCUT2D eigenvalue weighted by molar-refractivity contribution is 5.58. The largest absolute Gasteiger partial charge is 0.354 e. The number of nitrogens with two attached hydrogens (primary N) is 1. The van der Waals surface area contributed by atoms with E-state index in [4.69, 9.17) is 5.84 Å². The van der Waals surface area contributed by atoms with Crippen LogP contribution in [0.1, 0.15) is 45.1 Å². The summed E-state index contributed by atoms with van der Waals surface area (Å²) in [6.45, 7) is 5.48. The van der Waals surface area contributed by atoms with Crippen molar-refractivity contribution in [1.82, 2.24) is 9.97 Å². The maximum atomic E-state index is 5.53. The van der Waals surface area contributed by atoms with Gasteiger partial charge in [0.15, 0.2) is 0 Å². The molecule has 5 heteroatoms. The summed E-state index contributed by atoms with van der Waals surface area (Å²) >= 11 is 0. The third-order valence-corrected chi connectivity index (χ3v) is 3.74. The Morgan fingerprint density at radius 2 is 2.22 bits per heavy atom. The fourth-order valence-corrected chi connectivity index (χ4v) is 2.69. The van der Waals surface area contributed by atoms with Gasteiger partial charge in [-0.25, -0.2) is 15.8 Å². The smallest absolute Gasteiger partial charge is 0.148 e. The van der Waals surface area contributed by atoms with E-state index in [1.807, 2.05) is 0 Å². The van der Waals surface area contributed by atoms with Crippen LogP contribution in [0, 0.1) is 0 Å². The SMILES string of the molecule is CCc1c(NN)ncnc1N1CCCCCC1C. The summed E-state index contributed by atoms with van der Waals surface area (Å²) < 4.78 is 0. The molecule has 3 N–H and O–H groups in total. The highest BCUT2D eigenvalue weighted by Crippen LogP contribution is 2.28. The van der Waals surface area contributed by atoms with Crippen LogP contribution in [0.4, 0.5) is 11.6 Å². The summed E-state index contributed by atoms with van der Waals surface area (Å²) in [6.07, 6.45) is 7.59. The Balaban J connectivity index is 2.36. The van der Waals surface area contributed by atoms with Crippen LogP contribution in [0.2, 0.25) is 0 Å². The lowest BCUT2D eigenvalue weighted by Crippen LogP contribution is -2.34. The molecular weight excluding hydrogens is 226 g/mol. The summed E-state index contributed by atoms with van der Waals surface area (Å²) in [5.74, 6) is 7.33. The zero-order chi connectivity index (χ0) is 13.0. The Morgan fingerprint density at radius 3 is 2.94 bits per heavy atom. The third kappa shape index (κ3) is 2.56. The molecule has 18 heavy (non-hydrogen) atoms. The first-order valence-corrected chi connectivity index (χ1v) is 6.85. The number of nitrogens with zero attached hydrogens (tertiary/aromatic N) is 3. The van der Waals surface area contributed by atoms with Crippen molar-refractivity contribution in [1.29, 1.82) is 0 Å². The molecule has 0 radical (unpaired) electrons. The number of nitrogens with one attached hydrogen (secondary N) is 1. The molecule has 0 bridgehead atoms. The first-order valence-electron chi connectivity index (χ1n) is 6.85. The molecule has 100 valence electrons. The number of hydrazine groups is 1. The van der Waals surface area contributed by atoms with Gasteiger partial charge in [-0.15, -0.1) is 0 Å². The molecule has 2 heterocycles. The van der Waals surface area contributed by atoms with E-state index in [9.17, 15) is 0 Å². The molecule has 1 aliphatic rings. The fourth-order valence-electron chi connectivity index (χ4n) is 2.69. The van der Waals surface area contributed by atoms with E-state index < -0.39 is 0 Å². The highest BCUT2D eigenvalue weighted by atomic mass is 15.3. The van der Waals surface area contributed by atoms with Gasteiger partial charge in [0.2, 0.25) is 0 Å². The van der Waals surface area contributed by atoms with Crippen LogP contribution in [-0.2, 0) is 6.42 Å². The molecule has 0 aromatic carbocycles. The first-order chi connectivity index (χ1) is 8.77. The number of hydrogen-bond acceptors (Lipinski definition) is 5. The van der Waals surface area contributed by atoms with Crippen LogP contribution in [0.3, 0.4) is 0 Å². The van der Waals surface area contributed by atoms with Crippen molar-refractivity contribution in [3.05, 3.63) is 11.9 Å². The normalized spacial score (nSPS) is 20.6. The zero-order valence-corrected chi connectivity index (χ0v) is 11.3. The number of hydrogen-bond donors (Lipinski definition) is 2. The molecular formula is C13H23N5. The van der Waals surface area contributed by atoms with Crippen LogP contribution >= 0.6 is 0 Å². The van der Waals surface area contributed by atoms with Gasteiger partial charge in [-0.2, -0.15) is 0 Å². The van der Waals surface area contributed by atoms with E-state index in [1.165, 1.54) is 25.7 Å². The molecule has 0 aliphatic carbocycles. The Kier molecular flexibility index (Phi) is 4.36.